The first-order valence-electron chi connectivity index (χ1n) is 14.3. The standard InChI is InChI=1S/C30H43N6O2/c1-22(5-4-18-38-3)32-30-31-19-27-28(21-36(29(27)33-30)25-10-12-26(37)13-11-25)24-8-6-23(7-9-24)20-35-16-14-34(2)15-17-35/h6-9,19,21-22,25-26H,4-5,10-18,20H2,1-3H3,(H,31,32,33)/q-1/t22-,25?,26?/m0/s1. The van der Waals surface area contributed by atoms with E-state index in [0.717, 1.165) is 94.5 Å². The van der Waals surface area contributed by atoms with Crippen LogP contribution in [0.3, 0.4) is 0 Å². The van der Waals surface area contributed by atoms with Crippen LogP contribution >= 0.6 is 0 Å². The third-order valence-corrected chi connectivity index (χ3v) is 8.24. The lowest BCUT2D eigenvalue weighted by molar-refractivity contribution is -0.426. The van der Waals surface area contributed by atoms with Gasteiger partial charge in [0.2, 0.25) is 5.95 Å². The Bertz CT molecular complexity index is 1160. The van der Waals surface area contributed by atoms with Crippen molar-refractivity contribution >= 4 is 17.0 Å². The summed E-state index contributed by atoms with van der Waals surface area (Å²) in [7, 11) is 3.93. The third-order valence-electron chi connectivity index (χ3n) is 8.24. The number of anilines is 1. The van der Waals surface area contributed by atoms with Crippen LogP contribution in [0.2, 0.25) is 0 Å². The van der Waals surface area contributed by atoms with Crippen LogP contribution in [0.5, 0.6) is 0 Å². The number of rotatable bonds is 10. The van der Waals surface area contributed by atoms with E-state index in [0.29, 0.717) is 12.0 Å². The van der Waals surface area contributed by atoms with Gasteiger partial charge in [-0.05, 0) is 50.8 Å². The molecule has 1 saturated carbocycles. The zero-order valence-electron chi connectivity index (χ0n) is 23.2. The van der Waals surface area contributed by atoms with Gasteiger partial charge in [0.15, 0.2) is 0 Å². The van der Waals surface area contributed by atoms with Crippen molar-refractivity contribution in [2.45, 2.75) is 70.2 Å². The quantitative estimate of drug-likeness (QED) is 0.407. The molecular formula is C30H43N6O2-. The van der Waals surface area contributed by atoms with Crippen LogP contribution in [0.25, 0.3) is 22.2 Å². The maximum Gasteiger partial charge on any atom is 0.224 e. The maximum absolute atomic E-state index is 12.0. The molecule has 5 rings (SSSR count). The van der Waals surface area contributed by atoms with Gasteiger partial charge in [-0.1, -0.05) is 37.1 Å². The van der Waals surface area contributed by atoms with E-state index >= 15 is 0 Å². The first-order chi connectivity index (χ1) is 18.5. The van der Waals surface area contributed by atoms with Crippen molar-refractivity contribution < 1.29 is 9.84 Å². The van der Waals surface area contributed by atoms with Crippen molar-refractivity contribution in [1.29, 1.82) is 0 Å². The molecule has 206 valence electrons. The number of benzene rings is 1. The molecule has 0 amide bonds. The first kappa shape index (κ1) is 27.1. The zero-order chi connectivity index (χ0) is 26.5. The number of hydrogen-bond donors (Lipinski definition) is 1. The van der Waals surface area contributed by atoms with Gasteiger partial charge in [0, 0.05) is 81.9 Å². The molecule has 0 spiro atoms. The lowest BCUT2D eigenvalue weighted by atomic mass is 9.93. The molecule has 1 aliphatic heterocycles. The van der Waals surface area contributed by atoms with Crippen molar-refractivity contribution in [1.82, 2.24) is 24.3 Å². The summed E-state index contributed by atoms with van der Waals surface area (Å²) >= 11 is 0. The predicted molar refractivity (Wildman–Crippen MR) is 151 cm³/mol. The Hall–Kier alpha value is -2.52. The van der Waals surface area contributed by atoms with Crippen LogP contribution in [0.15, 0.2) is 36.7 Å². The van der Waals surface area contributed by atoms with E-state index in [1.54, 1.807) is 7.11 Å². The molecule has 1 saturated heterocycles. The molecular weight excluding hydrogens is 476 g/mol. The Balaban J connectivity index is 1.39. The van der Waals surface area contributed by atoms with Gasteiger partial charge in [0.1, 0.15) is 5.65 Å². The van der Waals surface area contributed by atoms with E-state index in [-0.39, 0.29) is 6.04 Å². The van der Waals surface area contributed by atoms with E-state index in [9.17, 15) is 5.11 Å². The second-order valence-electron chi connectivity index (χ2n) is 11.3. The van der Waals surface area contributed by atoms with Gasteiger partial charge < -0.3 is 24.6 Å². The highest BCUT2D eigenvalue weighted by Gasteiger charge is 2.22. The molecule has 1 N–H and O–H groups in total. The highest BCUT2D eigenvalue weighted by Crippen LogP contribution is 2.36. The van der Waals surface area contributed by atoms with Crippen LogP contribution in [-0.2, 0) is 11.3 Å². The summed E-state index contributed by atoms with van der Waals surface area (Å²) in [6.45, 7) is 8.42. The van der Waals surface area contributed by atoms with Gasteiger partial charge in [-0.3, -0.25) is 4.90 Å². The summed E-state index contributed by atoms with van der Waals surface area (Å²) in [5, 5.41) is 16.6. The smallest absolute Gasteiger partial charge is 0.224 e. The van der Waals surface area contributed by atoms with Gasteiger partial charge in [-0.2, -0.15) is 4.98 Å². The van der Waals surface area contributed by atoms with E-state index < -0.39 is 6.10 Å². The normalized spacial score (nSPS) is 22.1. The Labute approximate surface area is 227 Å². The summed E-state index contributed by atoms with van der Waals surface area (Å²) in [6, 6.07) is 9.56. The van der Waals surface area contributed by atoms with Crippen LogP contribution < -0.4 is 10.4 Å². The number of nitrogens with zero attached hydrogens (tertiary/aromatic N) is 5. The first-order valence-corrected chi connectivity index (χ1v) is 14.3. The number of nitrogens with one attached hydrogen (secondary N) is 1. The minimum atomic E-state index is -0.430. The Morgan fingerprint density at radius 2 is 1.82 bits per heavy atom. The number of ether oxygens (including phenoxy) is 1. The molecule has 0 bridgehead atoms. The molecule has 2 aromatic heterocycles. The monoisotopic (exact) mass is 519 g/mol. The van der Waals surface area contributed by atoms with E-state index in [4.69, 9.17) is 14.7 Å². The molecule has 2 fully saturated rings. The van der Waals surface area contributed by atoms with E-state index in [2.05, 4.69) is 64.1 Å². The minimum Gasteiger partial charge on any atom is -0.852 e. The Kier molecular flexibility index (Phi) is 8.94. The predicted octanol–water partition coefficient (Wildman–Crippen LogP) is 3.92. The van der Waals surface area contributed by atoms with Gasteiger partial charge >= 0.3 is 0 Å². The van der Waals surface area contributed by atoms with Crippen molar-refractivity contribution in [2.75, 3.05) is 52.3 Å². The summed E-state index contributed by atoms with van der Waals surface area (Å²) in [5.74, 6) is 0.661. The van der Waals surface area contributed by atoms with Crippen molar-refractivity contribution in [3.63, 3.8) is 0 Å². The number of likely N-dealkylation sites (N-methyl/N-ethyl adjacent to an activating group) is 1. The molecule has 1 aromatic carbocycles. The molecule has 3 heterocycles. The lowest BCUT2D eigenvalue weighted by Crippen LogP contribution is -2.43. The average molecular weight is 520 g/mol. The molecule has 2 aliphatic rings. The average Bonchev–Trinajstić information content (AvgIpc) is 3.30. The molecule has 0 radical (unpaired) electrons. The van der Waals surface area contributed by atoms with Crippen molar-refractivity contribution in [2.24, 2.45) is 0 Å². The summed E-state index contributed by atoms with van der Waals surface area (Å²) in [4.78, 5) is 14.6. The largest absolute Gasteiger partial charge is 0.852 e. The van der Waals surface area contributed by atoms with Gasteiger partial charge in [-0.25, -0.2) is 4.98 Å². The lowest BCUT2D eigenvalue weighted by Gasteiger charge is -2.33. The number of aromatic nitrogens is 3. The van der Waals surface area contributed by atoms with Crippen LogP contribution in [0, 0.1) is 0 Å². The summed E-state index contributed by atoms with van der Waals surface area (Å²) < 4.78 is 7.51. The number of hydrogen-bond acceptors (Lipinski definition) is 7. The van der Waals surface area contributed by atoms with Crippen LogP contribution in [0.1, 0.15) is 57.1 Å². The number of fused-ring (bicyclic) bond motifs is 1. The molecule has 1 atom stereocenters. The fraction of sp³-hybridized carbons (Fsp3) is 0.600. The zero-order valence-corrected chi connectivity index (χ0v) is 23.2. The van der Waals surface area contributed by atoms with Crippen LogP contribution in [-0.4, -0.2) is 83.4 Å². The summed E-state index contributed by atoms with van der Waals surface area (Å²) in [6.07, 6.45) is 9.04. The Morgan fingerprint density at radius 3 is 2.53 bits per heavy atom. The minimum absolute atomic E-state index is 0.259. The second kappa shape index (κ2) is 12.6. The van der Waals surface area contributed by atoms with E-state index in [1.165, 1.54) is 11.1 Å². The molecule has 38 heavy (non-hydrogen) atoms. The van der Waals surface area contributed by atoms with Crippen molar-refractivity contribution in [3.05, 3.63) is 42.2 Å². The summed E-state index contributed by atoms with van der Waals surface area (Å²) in [5.41, 5.74) is 4.65. The molecule has 1 aliphatic carbocycles. The van der Waals surface area contributed by atoms with Gasteiger partial charge in [-0.15, -0.1) is 6.10 Å². The third kappa shape index (κ3) is 6.54. The van der Waals surface area contributed by atoms with Crippen molar-refractivity contribution in [3.8, 4) is 11.1 Å². The van der Waals surface area contributed by atoms with Gasteiger partial charge in [0.25, 0.3) is 0 Å². The topological polar surface area (TPSA) is 81.5 Å². The SMILES string of the molecule is COCCC[C@H](C)Nc1ncc2c(-c3ccc(CN4CCN(C)CC4)cc3)cn(C3CCC([O-])CC3)c2n1. The second-order valence-corrected chi connectivity index (χ2v) is 11.3. The number of methoxy groups -OCH3 is 1. The van der Waals surface area contributed by atoms with Gasteiger partial charge in [0.05, 0.1) is 0 Å². The molecule has 0 unspecified atom stereocenters. The molecule has 8 nitrogen and oxygen atoms in total. The fourth-order valence-electron chi connectivity index (χ4n) is 5.81. The number of piperazine rings is 1. The fourth-order valence-corrected chi connectivity index (χ4v) is 5.81. The van der Waals surface area contributed by atoms with Crippen LogP contribution in [0.4, 0.5) is 5.95 Å². The molecule has 3 aromatic rings. The highest BCUT2D eigenvalue weighted by molar-refractivity contribution is 5.94. The van der Waals surface area contributed by atoms with E-state index in [1.807, 2.05) is 6.20 Å². The highest BCUT2D eigenvalue weighted by atomic mass is 16.5. The Morgan fingerprint density at radius 1 is 1.08 bits per heavy atom. The maximum atomic E-state index is 12.0. The molecule has 8 heteroatoms.